The van der Waals surface area contributed by atoms with Crippen molar-refractivity contribution in [3.05, 3.63) is 46.3 Å². The number of nitrogen functional groups attached to an aromatic ring is 1. The number of anilines is 2. The van der Waals surface area contributed by atoms with Crippen molar-refractivity contribution < 1.29 is 9.72 Å². The van der Waals surface area contributed by atoms with Gasteiger partial charge in [-0.25, -0.2) is 0 Å². The molecule has 120 valence electrons. The first-order valence-corrected chi connectivity index (χ1v) is 7.41. The fourth-order valence-electron chi connectivity index (χ4n) is 2.83. The summed E-state index contributed by atoms with van der Waals surface area (Å²) in [6.45, 7) is 0.968. The SMILES string of the molecule is Nc1cccc2c1CCCN2C(=O)CCn1cc([N+](=O)[O-])cn1. The highest BCUT2D eigenvalue weighted by Crippen LogP contribution is 2.31. The summed E-state index contributed by atoms with van der Waals surface area (Å²) in [6, 6.07) is 5.59. The Bertz CT molecular complexity index is 755. The van der Waals surface area contributed by atoms with E-state index in [1.54, 1.807) is 4.90 Å². The molecule has 0 bridgehead atoms. The highest BCUT2D eigenvalue weighted by molar-refractivity contribution is 5.95. The number of aromatic nitrogens is 2. The van der Waals surface area contributed by atoms with Crippen molar-refractivity contribution in [2.24, 2.45) is 0 Å². The topological polar surface area (TPSA) is 107 Å². The van der Waals surface area contributed by atoms with E-state index in [1.165, 1.54) is 17.1 Å². The maximum Gasteiger partial charge on any atom is 0.306 e. The van der Waals surface area contributed by atoms with E-state index in [-0.39, 0.29) is 18.0 Å². The van der Waals surface area contributed by atoms with E-state index >= 15 is 0 Å². The summed E-state index contributed by atoms with van der Waals surface area (Å²) in [4.78, 5) is 24.4. The van der Waals surface area contributed by atoms with E-state index in [9.17, 15) is 14.9 Å². The Hall–Kier alpha value is -2.90. The third-order valence-corrected chi connectivity index (χ3v) is 3.97. The molecule has 0 fully saturated rings. The van der Waals surface area contributed by atoms with Gasteiger partial charge < -0.3 is 10.6 Å². The maximum atomic E-state index is 12.5. The molecule has 0 spiro atoms. The Kier molecular flexibility index (Phi) is 3.96. The van der Waals surface area contributed by atoms with Crippen LogP contribution in [0.1, 0.15) is 18.4 Å². The Morgan fingerprint density at radius 2 is 2.26 bits per heavy atom. The van der Waals surface area contributed by atoms with Crippen LogP contribution in [0.5, 0.6) is 0 Å². The van der Waals surface area contributed by atoms with Gasteiger partial charge in [0.05, 0.1) is 4.92 Å². The van der Waals surface area contributed by atoms with E-state index in [4.69, 9.17) is 5.73 Å². The Labute approximate surface area is 132 Å². The van der Waals surface area contributed by atoms with Gasteiger partial charge in [0.25, 0.3) is 0 Å². The minimum atomic E-state index is -0.505. The van der Waals surface area contributed by atoms with Crippen molar-refractivity contribution in [3.8, 4) is 0 Å². The minimum Gasteiger partial charge on any atom is -0.398 e. The Morgan fingerprint density at radius 3 is 3.00 bits per heavy atom. The van der Waals surface area contributed by atoms with Gasteiger partial charge in [0, 0.05) is 30.9 Å². The van der Waals surface area contributed by atoms with Crippen LogP contribution in [-0.2, 0) is 17.8 Å². The number of carbonyl (C=O) groups excluding carboxylic acids is 1. The standard InChI is InChI=1S/C15H17N5O3/c16-13-4-1-5-14-12(13)3-2-7-19(14)15(21)6-8-18-10-11(9-17-18)20(22)23/h1,4-5,9-10H,2-3,6-8,16H2. The van der Waals surface area contributed by atoms with Crippen molar-refractivity contribution >= 4 is 23.0 Å². The largest absolute Gasteiger partial charge is 0.398 e. The van der Waals surface area contributed by atoms with Gasteiger partial charge >= 0.3 is 5.69 Å². The first-order valence-electron chi connectivity index (χ1n) is 7.41. The summed E-state index contributed by atoms with van der Waals surface area (Å²) < 4.78 is 1.42. The van der Waals surface area contributed by atoms with E-state index in [1.807, 2.05) is 18.2 Å². The third-order valence-electron chi connectivity index (χ3n) is 3.97. The average molecular weight is 315 g/mol. The number of hydrogen-bond donors (Lipinski definition) is 1. The molecular weight excluding hydrogens is 298 g/mol. The van der Waals surface area contributed by atoms with Gasteiger partial charge in [-0.3, -0.25) is 19.6 Å². The van der Waals surface area contributed by atoms with E-state index in [2.05, 4.69) is 5.10 Å². The molecule has 1 amide bonds. The van der Waals surface area contributed by atoms with Crippen LogP contribution >= 0.6 is 0 Å². The number of nitrogens with zero attached hydrogens (tertiary/aromatic N) is 4. The van der Waals surface area contributed by atoms with Crippen LogP contribution in [-0.4, -0.2) is 27.2 Å². The van der Waals surface area contributed by atoms with Crippen LogP contribution in [0.4, 0.5) is 17.1 Å². The summed E-state index contributed by atoms with van der Waals surface area (Å²) in [6.07, 6.45) is 4.49. The zero-order valence-electron chi connectivity index (χ0n) is 12.5. The molecule has 23 heavy (non-hydrogen) atoms. The molecule has 3 rings (SSSR count). The summed E-state index contributed by atoms with van der Waals surface area (Å²) in [5.41, 5.74) is 8.50. The number of nitrogens with two attached hydrogens (primary N) is 1. The molecule has 1 aromatic carbocycles. The highest BCUT2D eigenvalue weighted by Gasteiger charge is 2.23. The van der Waals surface area contributed by atoms with Crippen molar-refractivity contribution in [3.63, 3.8) is 0 Å². The van der Waals surface area contributed by atoms with Gasteiger partial charge in [0.1, 0.15) is 12.4 Å². The van der Waals surface area contributed by atoms with Gasteiger partial charge in [-0.05, 0) is 30.5 Å². The Balaban J connectivity index is 1.70. The maximum absolute atomic E-state index is 12.5. The highest BCUT2D eigenvalue weighted by atomic mass is 16.6. The number of fused-ring (bicyclic) bond motifs is 1. The first kappa shape index (κ1) is 15.0. The summed E-state index contributed by atoms with van der Waals surface area (Å²) in [5.74, 6) is -0.0327. The lowest BCUT2D eigenvalue weighted by Crippen LogP contribution is -2.36. The molecule has 1 aliphatic rings. The van der Waals surface area contributed by atoms with Gasteiger partial charge in [-0.2, -0.15) is 5.10 Å². The normalized spacial score (nSPS) is 13.7. The van der Waals surface area contributed by atoms with Crippen LogP contribution in [0.15, 0.2) is 30.6 Å². The van der Waals surface area contributed by atoms with Crippen molar-refractivity contribution in [1.82, 2.24) is 9.78 Å². The number of rotatable bonds is 4. The molecule has 8 heteroatoms. The second kappa shape index (κ2) is 6.07. The summed E-state index contributed by atoms with van der Waals surface area (Å²) in [7, 11) is 0. The number of amides is 1. The third kappa shape index (κ3) is 3.01. The van der Waals surface area contributed by atoms with Crippen molar-refractivity contribution in [2.75, 3.05) is 17.2 Å². The molecule has 0 saturated carbocycles. The molecule has 2 N–H and O–H groups in total. The van der Waals surface area contributed by atoms with Crippen molar-refractivity contribution in [2.45, 2.75) is 25.8 Å². The van der Waals surface area contributed by atoms with Crippen LogP contribution in [0, 0.1) is 10.1 Å². The molecule has 0 atom stereocenters. The number of aryl methyl sites for hydroxylation is 1. The lowest BCUT2D eigenvalue weighted by Gasteiger charge is -2.30. The van der Waals surface area contributed by atoms with Crippen LogP contribution < -0.4 is 10.6 Å². The molecule has 0 saturated heterocycles. The molecule has 0 aliphatic carbocycles. The molecule has 2 heterocycles. The fraction of sp³-hybridized carbons (Fsp3) is 0.333. The number of nitro groups is 1. The number of hydrogen-bond acceptors (Lipinski definition) is 5. The van der Waals surface area contributed by atoms with Gasteiger partial charge in [-0.1, -0.05) is 6.07 Å². The predicted molar refractivity (Wildman–Crippen MR) is 85.0 cm³/mol. The quantitative estimate of drug-likeness (QED) is 0.525. The summed E-state index contributed by atoms with van der Waals surface area (Å²) >= 11 is 0. The van der Waals surface area contributed by atoms with Crippen LogP contribution in [0.25, 0.3) is 0 Å². The van der Waals surface area contributed by atoms with E-state index in [0.717, 1.165) is 24.1 Å². The van der Waals surface area contributed by atoms with Crippen molar-refractivity contribution in [1.29, 1.82) is 0 Å². The minimum absolute atomic E-state index is 0.0327. The molecule has 2 aromatic rings. The molecular formula is C15H17N5O3. The number of benzene rings is 1. The molecule has 0 unspecified atom stereocenters. The predicted octanol–water partition coefficient (Wildman–Crippen LogP) is 1.74. The zero-order chi connectivity index (χ0) is 16.4. The molecule has 1 aliphatic heterocycles. The van der Waals surface area contributed by atoms with Gasteiger partial charge in [0.2, 0.25) is 5.91 Å². The van der Waals surface area contributed by atoms with Crippen LogP contribution in [0.3, 0.4) is 0 Å². The first-order chi connectivity index (χ1) is 11.1. The lowest BCUT2D eigenvalue weighted by atomic mass is 9.99. The second-order valence-corrected chi connectivity index (χ2v) is 5.46. The number of carbonyl (C=O) groups is 1. The van der Waals surface area contributed by atoms with Gasteiger partial charge in [-0.15, -0.1) is 0 Å². The fourth-order valence-corrected chi connectivity index (χ4v) is 2.83. The smallest absolute Gasteiger partial charge is 0.306 e. The lowest BCUT2D eigenvalue weighted by molar-refractivity contribution is -0.385. The van der Waals surface area contributed by atoms with E-state index in [0.29, 0.717) is 18.8 Å². The Morgan fingerprint density at radius 1 is 1.43 bits per heavy atom. The van der Waals surface area contributed by atoms with Crippen LogP contribution in [0.2, 0.25) is 0 Å². The van der Waals surface area contributed by atoms with Gasteiger partial charge in [0.15, 0.2) is 0 Å². The molecule has 8 nitrogen and oxygen atoms in total. The second-order valence-electron chi connectivity index (χ2n) is 5.46. The molecule has 1 aromatic heterocycles. The zero-order valence-corrected chi connectivity index (χ0v) is 12.5. The van der Waals surface area contributed by atoms with E-state index < -0.39 is 4.92 Å². The molecule has 0 radical (unpaired) electrons. The monoisotopic (exact) mass is 315 g/mol. The summed E-state index contributed by atoms with van der Waals surface area (Å²) in [5, 5.41) is 14.5. The average Bonchev–Trinajstić information content (AvgIpc) is 3.02.